The predicted octanol–water partition coefficient (Wildman–Crippen LogP) is 0.647. The van der Waals surface area contributed by atoms with E-state index in [1.165, 1.54) is 13.8 Å². The Kier molecular flexibility index (Phi) is 7.04. The van der Waals surface area contributed by atoms with E-state index in [9.17, 15) is 9.59 Å². The molecule has 0 heterocycles. The Bertz CT molecular complexity index is 178. The monoisotopic (exact) mass is 220 g/mol. The Morgan fingerprint density at radius 2 is 1.64 bits per heavy atom. The number of unbranched alkanes of at least 4 members (excludes halogenated alkanes) is 1. The molecule has 0 aromatic carbocycles. The van der Waals surface area contributed by atoms with E-state index in [0.717, 1.165) is 12.8 Å². The van der Waals surface area contributed by atoms with Crippen LogP contribution in [-0.4, -0.2) is 28.1 Å². The van der Waals surface area contributed by atoms with Crippen LogP contribution in [-0.2, 0) is 22.9 Å². The van der Waals surface area contributed by atoms with Crippen molar-refractivity contribution in [3.05, 3.63) is 0 Å². The molecular weight excluding hydrogens is 204 g/mol. The molecule has 0 radical (unpaired) electrons. The van der Waals surface area contributed by atoms with Gasteiger partial charge in [0.25, 0.3) is 11.9 Å². The Morgan fingerprint density at radius 3 is 2.00 bits per heavy atom. The lowest BCUT2D eigenvalue weighted by Crippen LogP contribution is -2.31. The first kappa shape index (κ1) is 13.1. The molecule has 6 heteroatoms. The van der Waals surface area contributed by atoms with E-state index in [1.807, 2.05) is 6.92 Å². The van der Waals surface area contributed by atoms with Gasteiger partial charge in [-0.25, -0.2) is 0 Å². The van der Waals surface area contributed by atoms with Crippen molar-refractivity contribution in [3.63, 3.8) is 0 Å². The molecule has 5 nitrogen and oxygen atoms in total. The van der Waals surface area contributed by atoms with Gasteiger partial charge in [-0.05, 0) is 6.42 Å². The third-order valence-electron chi connectivity index (χ3n) is 1.28. The molecule has 0 aliphatic heterocycles. The standard InChI is InChI=1S/C8H16O5Si/c1-4-5-6-11-14(12-7(2)9)13-8(3)10/h14H,4-6H2,1-3H3. The van der Waals surface area contributed by atoms with Crippen LogP contribution in [0.4, 0.5) is 0 Å². The van der Waals surface area contributed by atoms with E-state index in [1.54, 1.807) is 0 Å². The van der Waals surface area contributed by atoms with Crippen molar-refractivity contribution in [2.24, 2.45) is 0 Å². The predicted molar refractivity (Wildman–Crippen MR) is 51.5 cm³/mol. The Morgan fingerprint density at radius 1 is 1.14 bits per heavy atom. The van der Waals surface area contributed by atoms with Gasteiger partial charge < -0.3 is 13.3 Å². The van der Waals surface area contributed by atoms with Gasteiger partial charge >= 0.3 is 9.53 Å². The molecule has 0 amide bonds. The molecule has 0 unspecified atom stereocenters. The molecule has 0 aromatic heterocycles. The quantitative estimate of drug-likeness (QED) is 0.486. The molecule has 0 spiro atoms. The van der Waals surface area contributed by atoms with Crippen LogP contribution >= 0.6 is 0 Å². The average molecular weight is 220 g/mol. The van der Waals surface area contributed by atoms with E-state index in [4.69, 9.17) is 13.3 Å². The lowest BCUT2D eigenvalue weighted by molar-refractivity contribution is -0.140. The first-order valence-corrected chi connectivity index (χ1v) is 5.93. The van der Waals surface area contributed by atoms with Gasteiger partial charge in [0.15, 0.2) is 0 Å². The highest BCUT2D eigenvalue weighted by atomic mass is 28.3. The zero-order chi connectivity index (χ0) is 11.0. The summed E-state index contributed by atoms with van der Waals surface area (Å²) < 4.78 is 14.6. The zero-order valence-electron chi connectivity index (χ0n) is 8.74. The first-order chi connectivity index (χ1) is 6.56. The lowest BCUT2D eigenvalue weighted by atomic mass is 10.4. The molecule has 0 aromatic rings. The van der Waals surface area contributed by atoms with Gasteiger partial charge in [-0.15, -0.1) is 0 Å². The van der Waals surface area contributed by atoms with Crippen LogP contribution in [0, 0.1) is 0 Å². The normalized spacial score (nSPS) is 10.0. The van der Waals surface area contributed by atoms with Gasteiger partial charge in [-0.2, -0.15) is 0 Å². The minimum Gasteiger partial charge on any atom is -0.467 e. The second kappa shape index (κ2) is 7.51. The van der Waals surface area contributed by atoms with Crippen molar-refractivity contribution < 1.29 is 22.9 Å². The van der Waals surface area contributed by atoms with Crippen LogP contribution in [0.1, 0.15) is 33.6 Å². The maximum Gasteiger partial charge on any atom is 0.619 e. The highest BCUT2D eigenvalue weighted by molar-refractivity contribution is 6.41. The van der Waals surface area contributed by atoms with Crippen LogP contribution in [0.3, 0.4) is 0 Å². The van der Waals surface area contributed by atoms with Crippen molar-refractivity contribution >= 4 is 21.5 Å². The maximum absolute atomic E-state index is 10.6. The summed E-state index contributed by atoms with van der Waals surface area (Å²) in [6, 6.07) is 0. The van der Waals surface area contributed by atoms with Crippen LogP contribution in [0.5, 0.6) is 0 Å². The Balaban J connectivity index is 3.84. The average Bonchev–Trinajstić information content (AvgIpc) is 2.02. The fourth-order valence-corrected chi connectivity index (χ4v) is 1.77. The second-order valence-corrected chi connectivity index (χ2v) is 4.11. The molecule has 14 heavy (non-hydrogen) atoms. The zero-order valence-corrected chi connectivity index (χ0v) is 9.89. The number of rotatable bonds is 6. The third kappa shape index (κ3) is 7.75. The molecule has 0 fully saturated rings. The minimum absolute atomic E-state index is 0.452. The van der Waals surface area contributed by atoms with Crippen molar-refractivity contribution in [2.45, 2.75) is 33.6 Å². The van der Waals surface area contributed by atoms with Crippen molar-refractivity contribution in [1.29, 1.82) is 0 Å². The summed E-state index contributed by atoms with van der Waals surface area (Å²) in [5, 5.41) is 0. The molecule has 0 N–H and O–H groups in total. The van der Waals surface area contributed by atoms with Gasteiger partial charge in [0.1, 0.15) is 0 Å². The Labute approximate surface area is 85.3 Å². The summed E-state index contributed by atoms with van der Waals surface area (Å²) >= 11 is 0. The summed E-state index contributed by atoms with van der Waals surface area (Å²) in [4.78, 5) is 21.2. The summed E-state index contributed by atoms with van der Waals surface area (Å²) in [5.41, 5.74) is 0. The first-order valence-electron chi connectivity index (χ1n) is 4.52. The second-order valence-electron chi connectivity index (χ2n) is 2.73. The summed E-state index contributed by atoms with van der Waals surface area (Å²) in [5.74, 6) is -0.973. The van der Waals surface area contributed by atoms with Gasteiger partial charge in [-0.3, -0.25) is 9.59 Å². The molecule has 0 bridgehead atoms. The maximum atomic E-state index is 10.6. The van der Waals surface area contributed by atoms with E-state index in [2.05, 4.69) is 0 Å². The van der Waals surface area contributed by atoms with Crippen LogP contribution in [0.15, 0.2) is 0 Å². The summed E-state index contributed by atoms with van der Waals surface area (Å²) in [6.07, 6.45) is 1.83. The van der Waals surface area contributed by atoms with Gasteiger partial charge in [0.2, 0.25) is 0 Å². The highest BCUT2D eigenvalue weighted by Gasteiger charge is 2.21. The van der Waals surface area contributed by atoms with E-state index < -0.39 is 21.5 Å². The molecule has 0 aliphatic rings. The number of carbonyl (C=O) groups excluding carboxylic acids is 2. The van der Waals surface area contributed by atoms with Gasteiger partial charge in [0.05, 0.1) is 0 Å². The molecule has 0 atom stereocenters. The number of hydrogen-bond donors (Lipinski definition) is 0. The summed E-state index contributed by atoms with van der Waals surface area (Å²) in [6.45, 7) is 4.98. The molecule has 82 valence electrons. The van der Waals surface area contributed by atoms with Crippen LogP contribution < -0.4 is 0 Å². The van der Waals surface area contributed by atoms with Crippen molar-refractivity contribution in [1.82, 2.24) is 0 Å². The van der Waals surface area contributed by atoms with E-state index >= 15 is 0 Å². The Hall–Kier alpha value is -0.883. The highest BCUT2D eigenvalue weighted by Crippen LogP contribution is 1.97. The molecule has 0 aliphatic carbocycles. The lowest BCUT2D eigenvalue weighted by Gasteiger charge is -2.13. The van der Waals surface area contributed by atoms with Gasteiger partial charge in [0, 0.05) is 20.5 Å². The van der Waals surface area contributed by atoms with Crippen molar-refractivity contribution in [3.8, 4) is 0 Å². The number of hydrogen-bond acceptors (Lipinski definition) is 5. The fourth-order valence-electron chi connectivity index (χ4n) is 0.687. The van der Waals surface area contributed by atoms with Crippen LogP contribution in [0.2, 0.25) is 0 Å². The smallest absolute Gasteiger partial charge is 0.467 e. The van der Waals surface area contributed by atoms with Gasteiger partial charge in [-0.1, -0.05) is 13.3 Å². The van der Waals surface area contributed by atoms with Crippen LogP contribution in [0.25, 0.3) is 0 Å². The molecule has 0 saturated heterocycles. The van der Waals surface area contributed by atoms with Crippen molar-refractivity contribution in [2.75, 3.05) is 6.61 Å². The van der Waals surface area contributed by atoms with E-state index in [0.29, 0.717) is 6.61 Å². The topological polar surface area (TPSA) is 61.8 Å². The summed E-state index contributed by atoms with van der Waals surface area (Å²) in [7, 11) is -2.58. The fraction of sp³-hybridized carbons (Fsp3) is 0.750. The molecule has 0 rings (SSSR count). The largest absolute Gasteiger partial charge is 0.619 e. The molecular formula is C8H16O5Si. The number of carbonyl (C=O) groups is 2. The minimum atomic E-state index is -2.58. The third-order valence-corrected chi connectivity index (χ3v) is 2.83. The van der Waals surface area contributed by atoms with E-state index in [-0.39, 0.29) is 0 Å². The SMILES string of the molecule is CCCCO[SiH](OC(C)=O)OC(C)=O. The molecule has 0 saturated carbocycles.